The highest BCUT2D eigenvalue weighted by molar-refractivity contribution is 7.99. The van der Waals surface area contributed by atoms with Crippen molar-refractivity contribution in [2.45, 2.75) is 6.42 Å². The quantitative estimate of drug-likeness (QED) is 0.750. The van der Waals surface area contributed by atoms with Gasteiger partial charge in [0.05, 0.1) is 5.56 Å². The molecule has 0 aromatic heterocycles. The molecule has 1 aliphatic rings. The minimum absolute atomic E-state index is 0.118. The van der Waals surface area contributed by atoms with Gasteiger partial charge >= 0.3 is 0 Å². The Kier molecular flexibility index (Phi) is 3.68. The van der Waals surface area contributed by atoms with Crippen molar-refractivity contribution in [2.75, 3.05) is 29.5 Å². The Morgan fingerprint density at radius 3 is 2.94 bits per heavy atom. The molecule has 0 atom stereocenters. The Morgan fingerprint density at radius 1 is 1.31 bits per heavy atom. The van der Waals surface area contributed by atoms with Gasteiger partial charge in [-0.15, -0.1) is 0 Å². The summed E-state index contributed by atoms with van der Waals surface area (Å²) in [5.41, 5.74) is 1.01. The number of hydrogen-bond acceptors (Lipinski definition) is 3. The third kappa shape index (κ3) is 2.48. The number of halogens is 1. The highest BCUT2D eigenvalue weighted by Crippen LogP contribution is 2.21. The Hall–Kier alpha value is -1.21. The van der Waals surface area contributed by atoms with Crippen molar-refractivity contribution in [1.29, 1.82) is 5.26 Å². The molecule has 1 heterocycles. The summed E-state index contributed by atoms with van der Waals surface area (Å²) >= 11 is 1.94. The van der Waals surface area contributed by atoms with Gasteiger partial charge in [0.2, 0.25) is 0 Å². The van der Waals surface area contributed by atoms with E-state index in [2.05, 4.69) is 4.90 Å². The lowest BCUT2D eigenvalue weighted by atomic mass is 10.2. The fraction of sp³-hybridized carbons (Fsp3) is 0.417. The third-order valence-corrected chi connectivity index (χ3v) is 3.71. The zero-order valence-corrected chi connectivity index (χ0v) is 9.76. The van der Waals surface area contributed by atoms with Crippen LogP contribution in [0.2, 0.25) is 0 Å². The van der Waals surface area contributed by atoms with Crippen LogP contribution < -0.4 is 4.90 Å². The van der Waals surface area contributed by atoms with Gasteiger partial charge in [0, 0.05) is 24.5 Å². The van der Waals surface area contributed by atoms with Crippen LogP contribution in [-0.2, 0) is 0 Å². The number of hydrogen-bond donors (Lipinski definition) is 0. The maximum atomic E-state index is 13.5. The van der Waals surface area contributed by atoms with Gasteiger partial charge in [0.1, 0.15) is 11.9 Å². The molecule has 0 N–H and O–H groups in total. The summed E-state index contributed by atoms with van der Waals surface area (Å²) < 4.78 is 13.5. The molecule has 1 aromatic carbocycles. The average Bonchev–Trinajstić information content (AvgIpc) is 2.57. The molecule has 1 saturated heterocycles. The van der Waals surface area contributed by atoms with Crippen LogP contribution >= 0.6 is 11.8 Å². The van der Waals surface area contributed by atoms with Crippen molar-refractivity contribution in [1.82, 2.24) is 0 Å². The van der Waals surface area contributed by atoms with Crippen LogP contribution in [0.4, 0.5) is 10.1 Å². The van der Waals surface area contributed by atoms with Crippen LogP contribution in [0.1, 0.15) is 12.0 Å². The van der Waals surface area contributed by atoms with E-state index in [0.29, 0.717) is 0 Å². The van der Waals surface area contributed by atoms with Gasteiger partial charge in [-0.25, -0.2) is 4.39 Å². The second-order valence-electron chi connectivity index (χ2n) is 3.73. The molecule has 16 heavy (non-hydrogen) atoms. The Bertz CT molecular complexity index is 406. The van der Waals surface area contributed by atoms with E-state index in [1.54, 1.807) is 6.07 Å². The number of rotatable bonds is 1. The number of anilines is 1. The predicted molar refractivity (Wildman–Crippen MR) is 65.3 cm³/mol. The van der Waals surface area contributed by atoms with Crippen molar-refractivity contribution < 1.29 is 4.39 Å². The average molecular weight is 236 g/mol. The number of nitriles is 1. The maximum Gasteiger partial charge on any atom is 0.143 e. The molecular weight excluding hydrogens is 223 g/mol. The fourth-order valence-electron chi connectivity index (χ4n) is 1.80. The molecule has 1 aliphatic heterocycles. The third-order valence-electron chi connectivity index (χ3n) is 2.66. The lowest BCUT2D eigenvalue weighted by molar-refractivity contribution is 0.622. The van der Waals surface area contributed by atoms with Crippen LogP contribution in [0.15, 0.2) is 18.2 Å². The van der Waals surface area contributed by atoms with E-state index in [0.717, 1.165) is 31.0 Å². The van der Waals surface area contributed by atoms with Crippen LogP contribution in [0.25, 0.3) is 0 Å². The van der Waals surface area contributed by atoms with Gasteiger partial charge in [-0.05, 0) is 30.4 Å². The molecule has 0 spiro atoms. The van der Waals surface area contributed by atoms with E-state index in [1.807, 2.05) is 23.9 Å². The highest BCUT2D eigenvalue weighted by Gasteiger charge is 2.11. The predicted octanol–water partition coefficient (Wildman–Crippen LogP) is 2.64. The minimum Gasteiger partial charge on any atom is -0.371 e. The standard InChI is InChI=1S/C12H13FN2S/c13-12-8-11(3-2-10(12)9-14)15-4-1-6-16-7-5-15/h2-3,8H,1,4-7H2. The first-order chi connectivity index (χ1) is 7.81. The SMILES string of the molecule is N#Cc1ccc(N2CCCSCC2)cc1F. The van der Waals surface area contributed by atoms with Gasteiger partial charge in [-0.1, -0.05) is 0 Å². The largest absolute Gasteiger partial charge is 0.371 e. The summed E-state index contributed by atoms with van der Waals surface area (Å²) in [5, 5.41) is 8.66. The first kappa shape index (κ1) is 11.3. The maximum absolute atomic E-state index is 13.5. The van der Waals surface area contributed by atoms with Crippen molar-refractivity contribution in [3.8, 4) is 6.07 Å². The Labute approximate surface area is 99.1 Å². The van der Waals surface area contributed by atoms with Gasteiger partial charge in [-0.2, -0.15) is 17.0 Å². The molecule has 4 heteroatoms. The molecule has 0 radical (unpaired) electrons. The summed E-state index contributed by atoms with van der Waals surface area (Å²) in [6, 6.07) is 6.70. The fourth-order valence-corrected chi connectivity index (χ4v) is 2.68. The smallest absolute Gasteiger partial charge is 0.143 e. The van der Waals surface area contributed by atoms with Crippen LogP contribution in [0.3, 0.4) is 0 Å². The lowest BCUT2D eigenvalue weighted by Gasteiger charge is -2.22. The van der Waals surface area contributed by atoms with E-state index in [4.69, 9.17) is 5.26 Å². The van der Waals surface area contributed by atoms with Crippen molar-refractivity contribution in [3.05, 3.63) is 29.6 Å². The van der Waals surface area contributed by atoms with Crippen molar-refractivity contribution in [3.63, 3.8) is 0 Å². The summed E-state index contributed by atoms with van der Waals surface area (Å²) in [6.45, 7) is 1.92. The van der Waals surface area contributed by atoms with Gasteiger partial charge < -0.3 is 4.90 Å². The van der Waals surface area contributed by atoms with Crippen LogP contribution in [0.5, 0.6) is 0 Å². The number of thioether (sulfide) groups is 1. The van der Waals surface area contributed by atoms with E-state index >= 15 is 0 Å². The summed E-state index contributed by atoms with van der Waals surface area (Å²) in [5.74, 6) is 1.84. The highest BCUT2D eigenvalue weighted by atomic mass is 32.2. The molecule has 1 aromatic rings. The monoisotopic (exact) mass is 236 g/mol. The molecule has 1 fully saturated rings. The molecule has 0 saturated carbocycles. The van der Waals surface area contributed by atoms with Crippen LogP contribution in [0, 0.1) is 17.1 Å². The summed E-state index contributed by atoms with van der Waals surface area (Å²) in [4.78, 5) is 2.18. The zero-order valence-electron chi connectivity index (χ0n) is 8.95. The molecule has 0 amide bonds. The molecule has 0 unspecified atom stereocenters. The molecule has 0 bridgehead atoms. The number of benzene rings is 1. The van der Waals surface area contributed by atoms with Crippen molar-refractivity contribution >= 4 is 17.4 Å². The van der Waals surface area contributed by atoms with Gasteiger partial charge in [0.15, 0.2) is 0 Å². The Balaban J connectivity index is 2.20. The summed E-state index contributed by atoms with van der Waals surface area (Å²) in [6.07, 6.45) is 1.13. The van der Waals surface area contributed by atoms with Crippen LogP contribution in [-0.4, -0.2) is 24.6 Å². The molecule has 2 rings (SSSR count). The van der Waals surface area contributed by atoms with Gasteiger partial charge in [-0.3, -0.25) is 0 Å². The van der Waals surface area contributed by atoms with E-state index in [-0.39, 0.29) is 5.56 Å². The topological polar surface area (TPSA) is 27.0 Å². The van der Waals surface area contributed by atoms with E-state index in [1.165, 1.54) is 11.8 Å². The molecular formula is C12H13FN2S. The Morgan fingerprint density at radius 2 is 2.19 bits per heavy atom. The first-order valence-electron chi connectivity index (χ1n) is 5.33. The second kappa shape index (κ2) is 5.22. The van der Waals surface area contributed by atoms with E-state index in [9.17, 15) is 4.39 Å². The summed E-state index contributed by atoms with van der Waals surface area (Å²) in [7, 11) is 0. The second-order valence-corrected chi connectivity index (χ2v) is 4.95. The zero-order chi connectivity index (χ0) is 11.4. The van der Waals surface area contributed by atoms with E-state index < -0.39 is 5.82 Å². The van der Waals surface area contributed by atoms with Gasteiger partial charge in [0.25, 0.3) is 0 Å². The first-order valence-corrected chi connectivity index (χ1v) is 6.49. The molecule has 2 nitrogen and oxygen atoms in total. The molecule has 84 valence electrons. The van der Waals surface area contributed by atoms with Crippen molar-refractivity contribution in [2.24, 2.45) is 0 Å². The lowest BCUT2D eigenvalue weighted by Crippen LogP contribution is -2.25. The molecule has 0 aliphatic carbocycles. The normalized spacial score (nSPS) is 16.6. The minimum atomic E-state index is -0.420. The number of nitrogens with zero attached hydrogens (tertiary/aromatic N) is 2.